The van der Waals surface area contributed by atoms with Gasteiger partial charge in [-0.2, -0.15) is 0 Å². The van der Waals surface area contributed by atoms with Crippen LogP contribution in [0.5, 0.6) is 5.75 Å². The molecular weight excluding hydrogens is 282 g/mol. The van der Waals surface area contributed by atoms with E-state index in [9.17, 15) is 4.79 Å². The number of aryl methyl sites for hydroxylation is 1. The Morgan fingerprint density at radius 2 is 2.42 bits per heavy atom. The van der Waals surface area contributed by atoms with Crippen molar-refractivity contribution >= 4 is 35.3 Å². The number of rotatable bonds is 4. The Kier molecular flexibility index (Phi) is 4.28. The number of aromatic nitrogens is 2. The number of carbonyl (C=O) groups excluding carboxylic acids is 1. The van der Waals surface area contributed by atoms with Gasteiger partial charge in [-0.15, -0.1) is 11.3 Å². The summed E-state index contributed by atoms with van der Waals surface area (Å²) in [5.41, 5.74) is 0.934. The summed E-state index contributed by atoms with van der Waals surface area (Å²) in [6.07, 6.45) is 1.86. The molecule has 7 heteroatoms. The van der Waals surface area contributed by atoms with E-state index in [0.717, 1.165) is 10.6 Å². The van der Waals surface area contributed by atoms with Crippen LogP contribution in [0.1, 0.15) is 10.6 Å². The van der Waals surface area contributed by atoms with E-state index >= 15 is 0 Å². The largest absolute Gasteiger partial charge is 0.497 e. The second-order valence-corrected chi connectivity index (χ2v) is 5.64. The predicted molar refractivity (Wildman–Crippen MR) is 77.4 cm³/mol. The zero-order valence-electron chi connectivity index (χ0n) is 10.5. The first-order chi connectivity index (χ1) is 9.08. The summed E-state index contributed by atoms with van der Waals surface area (Å²) < 4.78 is 5.75. The molecule has 0 aliphatic heterocycles. The number of ether oxygens (including phenoxy) is 1. The molecular formula is C12H13N3O2S2. The lowest BCUT2D eigenvalue weighted by Crippen LogP contribution is -2.15. The van der Waals surface area contributed by atoms with Gasteiger partial charge >= 0.3 is 0 Å². The average Bonchev–Trinajstić information content (AvgIpc) is 2.68. The molecule has 0 atom stereocenters. The van der Waals surface area contributed by atoms with Crippen molar-refractivity contribution in [3.05, 3.63) is 32.9 Å². The quantitative estimate of drug-likeness (QED) is 0.851. The summed E-state index contributed by atoms with van der Waals surface area (Å²) in [5.74, 6) is 0.994. The topological polar surface area (TPSA) is 67.0 Å². The van der Waals surface area contributed by atoms with E-state index in [1.54, 1.807) is 25.4 Å². The number of methoxy groups -OCH3 is 1. The molecule has 1 amide bonds. The van der Waals surface area contributed by atoms with Gasteiger partial charge in [-0.1, -0.05) is 0 Å². The average molecular weight is 295 g/mol. The molecule has 0 saturated carbocycles. The van der Waals surface area contributed by atoms with E-state index in [-0.39, 0.29) is 12.3 Å². The predicted octanol–water partition coefficient (Wildman–Crippen LogP) is 2.70. The van der Waals surface area contributed by atoms with Crippen molar-refractivity contribution in [2.24, 2.45) is 0 Å². The zero-order valence-corrected chi connectivity index (χ0v) is 12.2. The van der Waals surface area contributed by atoms with E-state index in [4.69, 9.17) is 17.0 Å². The monoisotopic (exact) mass is 295 g/mol. The van der Waals surface area contributed by atoms with Crippen LogP contribution < -0.4 is 10.1 Å². The molecule has 0 unspecified atom stereocenters. The fraction of sp³-hybridized carbons (Fsp3) is 0.250. The third-order valence-corrected chi connectivity index (χ3v) is 3.82. The fourth-order valence-corrected chi connectivity index (χ4v) is 2.83. The smallest absolute Gasteiger partial charge is 0.230 e. The number of H-pyrrole nitrogens is 1. The first-order valence-corrected chi connectivity index (χ1v) is 6.79. The van der Waals surface area contributed by atoms with Gasteiger partial charge in [0.15, 0.2) is 3.95 Å². The van der Waals surface area contributed by atoms with Gasteiger partial charge in [0.05, 0.1) is 13.5 Å². The number of hydrogen-bond donors (Lipinski definition) is 2. The van der Waals surface area contributed by atoms with Crippen LogP contribution in [-0.2, 0) is 11.2 Å². The normalized spacial score (nSPS) is 10.2. The van der Waals surface area contributed by atoms with Crippen LogP contribution in [0, 0.1) is 10.9 Å². The first kappa shape index (κ1) is 13.7. The lowest BCUT2D eigenvalue weighted by atomic mass is 10.3. The molecule has 0 aliphatic rings. The maximum Gasteiger partial charge on any atom is 0.230 e. The van der Waals surface area contributed by atoms with E-state index in [0.29, 0.717) is 15.5 Å². The lowest BCUT2D eigenvalue weighted by Gasteiger charge is -2.05. The highest BCUT2D eigenvalue weighted by atomic mass is 32.1. The van der Waals surface area contributed by atoms with Gasteiger partial charge in [-0.05, 0) is 25.2 Å². The van der Waals surface area contributed by atoms with Crippen molar-refractivity contribution < 1.29 is 9.53 Å². The summed E-state index contributed by atoms with van der Waals surface area (Å²) in [7, 11) is 1.57. The molecule has 0 bridgehead atoms. The van der Waals surface area contributed by atoms with Crippen LogP contribution >= 0.6 is 23.6 Å². The van der Waals surface area contributed by atoms with Crippen LogP contribution in [0.3, 0.4) is 0 Å². The van der Waals surface area contributed by atoms with Crippen molar-refractivity contribution in [1.29, 1.82) is 0 Å². The Bertz CT molecular complexity index is 648. The first-order valence-electron chi connectivity index (χ1n) is 5.57. The van der Waals surface area contributed by atoms with Gasteiger partial charge < -0.3 is 15.0 Å². The number of amides is 1. The fourth-order valence-electron chi connectivity index (χ4n) is 1.54. The van der Waals surface area contributed by atoms with E-state index in [2.05, 4.69) is 15.3 Å². The molecule has 19 heavy (non-hydrogen) atoms. The summed E-state index contributed by atoms with van der Waals surface area (Å²) in [4.78, 5) is 19.9. The van der Waals surface area contributed by atoms with Crippen LogP contribution in [0.2, 0.25) is 0 Å². The highest BCUT2D eigenvalue weighted by Crippen LogP contribution is 2.17. The Morgan fingerprint density at radius 3 is 3.05 bits per heavy atom. The van der Waals surface area contributed by atoms with Gasteiger partial charge in [-0.3, -0.25) is 4.79 Å². The number of anilines is 1. The van der Waals surface area contributed by atoms with Crippen molar-refractivity contribution in [3.8, 4) is 5.75 Å². The number of nitrogens with one attached hydrogen (secondary N) is 2. The molecule has 0 fully saturated rings. The number of pyridine rings is 1. The highest BCUT2D eigenvalue weighted by molar-refractivity contribution is 7.73. The summed E-state index contributed by atoms with van der Waals surface area (Å²) in [6, 6.07) is 3.39. The molecule has 0 spiro atoms. The minimum absolute atomic E-state index is 0.130. The van der Waals surface area contributed by atoms with Gasteiger partial charge in [0.25, 0.3) is 0 Å². The summed E-state index contributed by atoms with van der Waals surface area (Å²) in [5, 5.41) is 2.73. The molecule has 0 saturated heterocycles. The maximum atomic E-state index is 11.9. The number of thiazole rings is 1. The highest BCUT2D eigenvalue weighted by Gasteiger charge is 2.09. The van der Waals surface area contributed by atoms with Crippen LogP contribution in [0.25, 0.3) is 0 Å². The van der Waals surface area contributed by atoms with Crippen LogP contribution in [0.15, 0.2) is 18.3 Å². The molecule has 2 aromatic heterocycles. The van der Waals surface area contributed by atoms with Crippen molar-refractivity contribution in [2.75, 3.05) is 12.4 Å². The van der Waals surface area contributed by atoms with Crippen molar-refractivity contribution in [3.63, 3.8) is 0 Å². The Labute approximate surface area is 119 Å². The molecule has 100 valence electrons. The van der Waals surface area contributed by atoms with Crippen LogP contribution in [0.4, 0.5) is 5.82 Å². The van der Waals surface area contributed by atoms with Crippen molar-refractivity contribution in [1.82, 2.24) is 9.97 Å². The second kappa shape index (κ2) is 5.94. The molecule has 0 aromatic carbocycles. The number of carbonyl (C=O) groups is 1. The molecule has 5 nitrogen and oxygen atoms in total. The Hall–Kier alpha value is -1.73. The van der Waals surface area contributed by atoms with Gasteiger partial charge in [0.2, 0.25) is 5.91 Å². The van der Waals surface area contributed by atoms with Crippen LogP contribution in [-0.4, -0.2) is 23.0 Å². The standard InChI is InChI=1S/C12H13N3O2S2/c1-7-9(19-12(18)14-7)6-11(16)15-10-5-8(17-2)3-4-13-10/h3-5H,6H2,1-2H3,(H,14,18)(H,13,15,16). The molecule has 2 aromatic rings. The Morgan fingerprint density at radius 1 is 1.63 bits per heavy atom. The summed E-state index contributed by atoms with van der Waals surface area (Å²) >= 11 is 6.45. The summed E-state index contributed by atoms with van der Waals surface area (Å²) in [6.45, 7) is 1.90. The maximum absolute atomic E-state index is 11.9. The number of aromatic amines is 1. The minimum atomic E-state index is -0.130. The minimum Gasteiger partial charge on any atom is -0.497 e. The zero-order chi connectivity index (χ0) is 13.8. The molecule has 2 heterocycles. The van der Waals surface area contributed by atoms with Gasteiger partial charge in [0.1, 0.15) is 11.6 Å². The van der Waals surface area contributed by atoms with E-state index in [1.165, 1.54) is 11.3 Å². The van der Waals surface area contributed by atoms with E-state index in [1.807, 2.05) is 6.92 Å². The third kappa shape index (κ3) is 3.62. The van der Waals surface area contributed by atoms with E-state index < -0.39 is 0 Å². The molecule has 0 radical (unpaired) electrons. The van der Waals surface area contributed by atoms with Gasteiger partial charge in [0, 0.05) is 22.8 Å². The number of nitrogens with zero attached hydrogens (tertiary/aromatic N) is 1. The number of hydrogen-bond acceptors (Lipinski definition) is 5. The SMILES string of the molecule is COc1ccnc(NC(=O)Cc2sc(=S)[nH]c2C)c1. The molecule has 2 N–H and O–H groups in total. The third-order valence-electron chi connectivity index (χ3n) is 2.48. The van der Waals surface area contributed by atoms with Crippen molar-refractivity contribution in [2.45, 2.75) is 13.3 Å². The second-order valence-electron chi connectivity index (χ2n) is 3.87. The van der Waals surface area contributed by atoms with Gasteiger partial charge in [-0.25, -0.2) is 4.98 Å². The molecule has 2 rings (SSSR count). The lowest BCUT2D eigenvalue weighted by molar-refractivity contribution is -0.115. The molecule has 0 aliphatic carbocycles. The Balaban J connectivity index is 2.05.